The van der Waals surface area contributed by atoms with Gasteiger partial charge in [-0.15, -0.1) is 0 Å². The van der Waals surface area contributed by atoms with Crippen LogP contribution in [0.2, 0.25) is 0 Å². The highest BCUT2D eigenvalue weighted by Gasteiger charge is 2.36. The Balaban J connectivity index is 1.19. The van der Waals surface area contributed by atoms with Gasteiger partial charge >= 0.3 is 0 Å². The Morgan fingerprint density at radius 3 is 1.37 bits per heavy atom. The topological polar surface area (TPSA) is 119 Å². The summed E-state index contributed by atoms with van der Waals surface area (Å²) in [5, 5.41) is 39.3. The fourth-order valence-electron chi connectivity index (χ4n) is 7.15. The molecule has 0 spiro atoms. The molecule has 6 rings (SSSR count). The predicted molar refractivity (Wildman–Crippen MR) is 177 cm³/mol. The van der Waals surface area contributed by atoms with E-state index in [1.165, 1.54) is 0 Å². The fraction of sp³-hybridized carbons (Fsp3) is 0.333. The van der Waals surface area contributed by atoms with Crippen molar-refractivity contribution < 1.29 is 24.9 Å². The lowest BCUT2D eigenvalue weighted by molar-refractivity contribution is -0.128. The van der Waals surface area contributed by atoms with Gasteiger partial charge in [-0.2, -0.15) is 0 Å². The summed E-state index contributed by atoms with van der Waals surface area (Å²) in [5.74, 6) is -1.64. The van der Waals surface area contributed by atoms with Crippen LogP contribution in [0.15, 0.2) is 109 Å². The third kappa shape index (κ3) is 7.39. The molecule has 4 aromatic carbocycles. The maximum Gasteiger partial charge on any atom is 0.224 e. The van der Waals surface area contributed by atoms with Gasteiger partial charge in [0.15, 0.2) is 0 Å². The molecule has 0 unspecified atom stereocenters. The molecule has 2 aliphatic rings. The van der Waals surface area contributed by atoms with E-state index < -0.39 is 42.2 Å². The van der Waals surface area contributed by atoms with E-state index in [4.69, 9.17) is 0 Å². The molecular formula is C39H42N2O5. The number of carbonyl (C=O) groups excluding carboxylic acids is 2. The van der Waals surface area contributed by atoms with Gasteiger partial charge in [-0.25, -0.2) is 0 Å². The first-order valence-corrected chi connectivity index (χ1v) is 16.2. The van der Waals surface area contributed by atoms with Crippen LogP contribution in [0.4, 0.5) is 0 Å². The number of fused-ring (bicyclic) bond motifs is 2. The average Bonchev–Trinajstić information content (AvgIpc) is 3.55. The molecule has 0 fully saturated rings. The van der Waals surface area contributed by atoms with Gasteiger partial charge in [0.25, 0.3) is 0 Å². The van der Waals surface area contributed by atoms with Crippen LogP contribution in [-0.4, -0.2) is 45.4 Å². The van der Waals surface area contributed by atoms with E-state index in [0.717, 1.165) is 33.4 Å². The van der Waals surface area contributed by atoms with Gasteiger partial charge in [-0.3, -0.25) is 9.59 Å². The minimum Gasteiger partial charge on any atom is -0.393 e. The Morgan fingerprint density at radius 1 is 0.587 bits per heavy atom. The predicted octanol–water partition coefficient (Wildman–Crippen LogP) is 4.39. The van der Waals surface area contributed by atoms with Crippen molar-refractivity contribution in [2.45, 2.75) is 68.9 Å². The van der Waals surface area contributed by atoms with Crippen molar-refractivity contribution in [1.29, 1.82) is 0 Å². The summed E-state index contributed by atoms with van der Waals surface area (Å²) in [5.41, 5.74) is 5.80. The van der Waals surface area contributed by atoms with Crippen LogP contribution in [0, 0.1) is 11.8 Å². The third-order valence-electron chi connectivity index (χ3n) is 9.51. The second-order valence-corrected chi connectivity index (χ2v) is 12.8. The van der Waals surface area contributed by atoms with Gasteiger partial charge < -0.3 is 26.0 Å². The molecule has 238 valence electrons. The maximum atomic E-state index is 13.8. The lowest BCUT2D eigenvalue weighted by atomic mass is 9.86. The Morgan fingerprint density at radius 2 is 0.957 bits per heavy atom. The number of rotatable bonds is 12. The molecule has 6 atom stereocenters. The monoisotopic (exact) mass is 618 g/mol. The maximum absolute atomic E-state index is 13.8. The van der Waals surface area contributed by atoms with E-state index in [-0.39, 0.29) is 24.7 Å². The third-order valence-corrected chi connectivity index (χ3v) is 9.51. The highest BCUT2D eigenvalue weighted by Crippen LogP contribution is 2.34. The summed E-state index contributed by atoms with van der Waals surface area (Å²) in [7, 11) is 0. The zero-order valence-electron chi connectivity index (χ0n) is 25.8. The number of hydrogen-bond acceptors (Lipinski definition) is 5. The van der Waals surface area contributed by atoms with Crippen molar-refractivity contribution in [2.75, 3.05) is 0 Å². The molecule has 0 aromatic heterocycles. The molecule has 0 saturated heterocycles. The highest BCUT2D eigenvalue weighted by molar-refractivity contribution is 5.81. The number of benzene rings is 4. The van der Waals surface area contributed by atoms with E-state index in [1.807, 2.05) is 109 Å². The molecule has 0 saturated carbocycles. The Labute approximate surface area is 270 Å². The average molecular weight is 619 g/mol. The smallest absolute Gasteiger partial charge is 0.224 e. The molecule has 2 amide bonds. The summed E-state index contributed by atoms with van der Waals surface area (Å²) < 4.78 is 0. The minimum atomic E-state index is -0.944. The summed E-state index contributed by atoms with van der Waals surface area (Å²) >= 11 is 0. The standard InChI is InChI=1S/C39H42N2O5/c42-31(21-29(19-25-11-3-1-4-12-25)38(45)40-36-32-17-9-7-15-27(32)23-34(36)43)22-30(20-26-13-5-2-6-14-26)39(46)41-37-33-18-10-8-16-28(33)24-35(37)44/h1-18,29-31,34-37,42-44H,19-24H2,(H,40,45)(H,41,46)/t29-,30-,34+,35+,36-,37-/m1/s1. The SMILES string of the molecule is O=C(N[C@@H]1c2ccccc2C[C@@H]1O)[C@H](Cc1ccccc1)CC(O)C[C@@H](Cc1ccccc1)C(=O)N[C@@H]1c2ccccc2C[C@@H]1O. The molecule has 4 aromatic rings. The van der Waals surface area contributed by atoms with E-state index in [0.29, 0.717) is 25.7 Å². The number of nitrogens with one attached hydrogen (secondary N) is 2. The summed E-state index contributed by atoms with van der Waals surface area (Å²) in [6.45, 7) is 0. The highest BCUT2D eigenvalue weighted by atomic mass is 16.3. The molecule has 0 heterocycles. The number of aliphatic hydroxyl groups is 3. The summed E-state index contributed by atoms with van der Waals surface area (Å²) in [6.07, 6.45) is -0.314. The Kier molecular flexibility index (Phi) is 9.93. The van der Waals surface area contributed by atoms with Crippen molar-refractivity contribution in [1.82, 2.24) is 10.6 Å². The van der Waals surface area contributed by atoms with E-state index in [2.05, 4.69) is 10.6 Å². The van der Waals surface area contributed by atoms with E-state index in [9.17, 15) is 24.9 Å². The molecule has 7 nitrogen and oxygen atoms in total. The van der Waals surface area contributed by atoms with Gasteiger partial charge in [0, 0.05) is 24.7 Å². The van der Waals surface area contributed by atoms with Gasteiger partial charge in [-0.05, 0) is 59.1 Å². The first-order chi connectivity index (χ1) is 22.4. The lowest BCUT2D eigenvalue weighted by Gasteiger charge is -2.27. The van der Waals surface area contributed by atoms with Crippen molar-refractivity contribution in [3.05, 3.63) is 143 Å². The van der Waals surface area contributed by atoms with E-state index in [1.54, 1.807) is 0 Å². The van der Waals surface area contributed by atoms with E-state index >= 15 is 0 Å². The molecule has 5 N–H and O–H groups in total. The number of aliphatic hydroxyl groups excluding tert-OH is 3. The molecule has 0 aliphatic heterocycles. The van der Waals surface area contributed by atoms with Crippen molar-refractivity contribution in [3.63, 3.8) is 0 Å². The molecule has 0 radical (unpaired) electrons. The van der Waals surface area contributed by atoms with Crippen molar-refractivity contribution in [2.24, 2.45) is 11.8 Å². The van der Waals surface area contributed by atoms with Crippen LogP contribution in [-0.2, 0) is 35.3 Å². The lowest BCUT2D eigenvalue weighted by Crippen LogP contribution is -2.41. The van der Waals surface area contributed by atoms with Crippen LogP contribution < -0.4 is 10.6 Å². The number of amides is 2. The first-order valence-electron chi connectivity index (χ1n) is 16.2. The van der Waals surface area contributed by atoms with Crippen molar-refractivity contribution in [3.8, 4) is 0 Å². The minimum absolute atomic E-state index is 0.151. The van der Waals surface area contributed by atoms with Crippen LogP contribution in [0.5, 0.6) is 0 Å². The Bertz CT molecular complexity index is 1510. The molecular weight excluding hydrogens is 576 g/mol. The summed E-state index contributed by atoms with van der Waals surface area (Å²) in [6, 6.07) is 33.8. The van der Waals surface area contributed by atoms with Gasteiger partial charge in [0.1, 0.15) is 0 Å². The molecule has 2 aliphatic carbocycles. The quantitative estimate of drug-likeness (QED) is 0.161. The van der Waals surface area contributed by atoms with Gasteiger partial charge in [0.05, 0.1) is 30.4 Å². The Hall–Kier alpha value is -4.30. The molecule has 46 heavy (non-hydrogen) atoms. The van der Waals surface area contributed by atoms with Crippen LogP contribution in [0.1, 0.15) is 58.3 Å². The van der Waals surface area contributed by atoms with Crippen molar-refractivity contribution >= 4 is 11.8 Å². The van der Waals surface area contributed by atoms with Crippen LogP contribution in [0.3, 0.4) is 0 Å². The number of carbonyl (C=O) groups is 2. The van der Waals surface area contributed by atoms with Crippen LogP contribution in [0.25, 0.3) is 0 Å². The van der Waals surface area contributed by atoms with Gasteiger partial charge in [0.2, 0.25) is 11.8 Å². The first kappa shape index (κ1) is 31.7. The normalized spacial score (nSPS) is 21.3. The second kappa shape index (κ2) is 14.4. The zero-order chi connectivity index (χ0) is 32.0. The second-order valence-electron chi connectivity index (χ2n) is 12.8. The number of hydrogen-bond donors (Lipinski definition) is 5. The molecule has 0 bridgehead atoms. The zero-order valence-corrected chi connectivity index (χ0v) is 25.8. The summed E-state index contributed by atoms with van der Waals surface area (Å²) in [4.78, 5) is 27.7. The largest absolute Gasteiger partial charge is 0.393 e. The molecule has 7 heteroatoms. The van der Waals surface area contributed by atoms with Crippen LogP contribution >= 0.6 is 0 Å². The van der Waals surface area contributed by atoms with Gasteiger partial charge in [-0.1, -0.05) is 109 Å². The fourth-order valence-corrected chi connectivity index (χ4v) is 7.15.